The van der Waals surface area contributed by atoms with Crippen LogP contribution in [-0.2, 0) is 11.3 Å². The first-order valence-electron chi connectivity index (χ1n) is 8.42. The maximum atomic E-state index is 13.9. The summed E-state index contributed by atoms with van der Waals surface area (Å²) in [6, 6.07) is 8.57. The molecule has 0 radical (unpaired) electrons. The second kappa shape index (κ2) is 8.43. The highest BCUT2D eigenvalue weighted by molar-refractivity contribution is 5.95. The van der Waals surface area contributed by atoms with Crippen LogP contribution in [0.2, 0.25) is 0 Å². The van der Waals surface area contributed by atoms with Crippen LogP contribution in [0.15, 0.2) is 36.7 Å². The second-order valence-electron chi connectivity index (χ2n) is 5.98. The third kappa shape index (κ3) is 4.30. The van der Waals surface area contributed by atoms with Gasteiger partial charge in [0.15, 0.2) is 0 Å². The van der Waals surface area contributed by atoms with E-state index in [9.17, 15) is 9.65 Å². The second-order valence-corrected chi connectivity index (χ2v) is 5.98. The van der Waals surface area contributed by atoms with Gasteiger partial charge in [-0.2, -0.15) is 5.26 Å². The van der Waals surface area contributed by atoms with Crippen molar-refractivity contribution in [3.8, 4) is 11.9 Å². The molecule has 0 amide bonds. The van der Waals surface area contributed by atoms with E-state index in [1.165, 1.54) is 18.3 Å². The van der Waals surface area contributed by atoms with Crippen molar-refractivity contribution in [2.75, 3.05) is 25.6 Å². The van der Waals surface area contributed by atoms with Gasteiger partial charge in [-0.1, -0.05) is 6.07 Å². The van der Waals surface area contributed by atoms with Crippen molar-refractivity contribution in [1.82, 2.24) is 9.97 Å². The van der Waals surface area contributed by atoms with Crippen LogP contribution in [0.4, 0.5) is 10.1 Å². The molecule has 1 N–H and O–H groups in total. The van der Waals surface area contributed by atoms with Gasteiger partial charge >= 0.3 is 0 Å². The summed E-state index contributed by atoms with van der Waals surface area (Å²) in [5, 5.41) is 13.2. The number of methoxy groups -OCH3 is 1. The Morgan fingerprint density at radius 3 is 2.74 bits per heavy atom. The van der Waals surface area contributed by atoms with Crippen LogP contribution in [0.5, 0.6) is 5.88 Å². The molecular weight excluding hydrogens is 347 g/mol. The van der Waals surface area contributed by atoms with Gasteiger partial charge in [-0.05, 0) is 30.2 Å². The van der Waals surface area contributed by atoms with Gasteiger partial charge in [0, 0.05) is 37.5 Å². The van der Waals surface area contributed by atoms with Gasteiger partial charge in [0.1, 0.15) is 18.5 Å². The number of pyridine rings is 2. The first-order valence-corrected chi connectivity index (χ1v) is 8.42. The molecule has 0 unspecified atom stereocenters. The van der Waals surface area contributed by atoms with Crippen LogP contribution in [0, 0.1) is 24.1 Å². The first kappa shape index (κ1) is 18.5. The Hall–Kier alpha value is -3.24. The highest BCUT2D eigenvalue weighted by Gasteiger charge is 2.12. The quantitative estimate of drug-likeness (QED) is 0.644. The zero-order chi connectivity index (χ0) is 19.2. The third-order valence-electron chi connectivity index (χ3n) is 4.05. The van der Waals surface area contributed by atoms with Crippen LogP contribution in [-0.4, -0.2) is 30.3 Å². The standard InChI is InChI=1S/C20H19FN4O2/c1-13-7-16(21)8-17-19(13)25-12-15(9-22)20(17)24-11-14-3-4-18(23-10-14)27-6-5-26-2/h3-4,7-8,10,12H,5-6,11H2,1-2H3,(H,24,25). The summed E-state index contributed by atoms with van der Waals surface area (Å²) >= 11 is 0. The number of halogens is 1. The lowest BCUT2D eigenvalue weighted by Crippen LogP contribution is -2.06. The number of nitrogens with zero attached hydrogens (tertiary/aromatic N) is 3. The van der Waals surface area contributed by atoms with Crippen molar-refractivity contribution in [1.29, 1.82) is 5.26 Å². The average molecular weight is 366 g/mol. The van der Waals surface area contributed by atoms with E-state index in [1.807, 2.05) is 6.07 Å². The molecule has 0 spiro atoms. The third-order valence-corrected chi connectivity index (χ3v) is 4.05. The molecule has 0 saturated carbocycles. The topological polar surface area (TPSA) is 80.1 Å². The summed E-state index contributed by atoms with van der Waals surface area (Å²) in [6.45, 7) is 3.14. The summed E-state index contributed by atoms with van der Waals surface area (Å²) in [7, 11) is 1.61. The number of hydrogen-bond acceptors (Lipinski definition) is 6. The minimum Gasteiger partial charge on any atom is -0.475 e. The van der Waals surface area contributed by atoms with Crippen molar-refractivity contribution < 1.29 is 13.9 Å². The van der Waals surface area contributed by atoms with E-state index < -0.39 is 0 Å². The predicted molar refractivity (Wildman–Crippen MR) is 100 cm³/mol. The normalized spacial score (nSPS) is 10.6. The van der Waals surface area contributed by atoms with Crippen LogP contribution >= 0.6 is 0 Å². The molecule has 0 aliphatic rings. The van der Waals surface area contributed by atoms with Gasteiger partial charge < -0.3 is 14.8 Å². The van der Waals surface area contributed by atoms with Crippen molar-refractivity contribution in [3.63, 3.8) is 0 Å². The van der Waals surface area contributed by atoms with Crippen molar-refractivity contribution >= 4 is 16.6 Å². The van der Waals surface area contributed by atoms with Crippen molar-refractivity contribution in [2.45, 2.75) is 13.5 Å². The molecule has 2 heterocycles. The highest BCUT2D eigenvalue weighted by atomic mass is 19.1. The molecule has 138 valence electrons. The first-order chi connectivity index (χ1) is 13.1. The van der Waals surface area contributed by atoms with E-state index >= 15 is 0 Å². The van der Waals surface area contributed by atoms with Gasteiger partial charge in [0.2, 0.25) is 5.88 Å². The minimum atomic E-state index is -0.362. The smallest absolute Gasteiger partial charge is 0.213 e. The number of aromatic nitrogens is 2. The highest BCUT2D eigenvalue weighted by Crippen LogP contribution is 2.29. The van der Waals surface area contributed by atoms with Gasteiger partial charge in [-0.3, -0.25) is 4.98 Å². The number of hydrogen-bond donors (Lipinski definition) is 1. The van der Waals surface area contributed by atoms with E-state index in [4.69, 9.17) is 9.47 Å². The van der Waals surface area contributed by atoms with E-state index in [0.29, 0.717) is 47.8 Å². The molecular formula is C20H19FN4O2. The number of nitrogens with one attached hydrogen (secondary N) is 1. The number of rotatable bonds is 7. The molecule has 0 fully saturated rings. The molecule has 1 aromatic carbocycles. The summed E-state index contributed by atoms with van der Waals surface area (Å²) in [6.07, 6.45) is 3.19. The summed E-state index contributed by atoms with van der Waals surface area (Å²) < 4.78 is 24.2. The molecule has 0 atom stereocenters. The summed E-state index contributed by atoms with van der Waals surface area (Å²) in [4.78, 5) is 8.53. The van der Waals surface area contributed by atoms with E-state index in [0.717, 1.165) is 11.1 Å². The van der Waals surface area contributed by atoms with E-state index in [1.54, 1.807) is 26.3 Å². The Bertz CT molecular complexity index is 984. The van der Waals surface area contributed by atoms with Crippen LogP contribution < -0.4 is 10.1 Å². The Kier molecular flexibility index (Phi) is 5.79. The van der Waals surface area contributed by atoms with E-state index in [-0.39, 0.29) is 5.82 Å². The average Bonchev–Trinajstić information content (AvgIpc) is 2.67. The Labute approximate surface area is 156 Å². The molecule has 2 aromatic heterocycles. The number of nitriles is 1. The largest absolute Gasteiger partial charge is 0.475 e. The number of anilines is 1. The molecule has 0 aliphatic heterocycles. The Morgan fingerprint density at radius 1 is 1.19 bits per heavy atom. The molecule has 6 nitrogen and oxygen atoms in total. The lowest BCUT2D eigenvalue weighted by molar-refractivity contribution is 0.143. The fraction of sp³-hybridized carbons (Fsp3) is 0.250. The lowest BCUT2D eigenvalue weighted by Gasteiger charge is -2.13. The number of aryl methyl sites for hydroxylation is 1. The molecule has 27 heavy (non-hydrogen) atoms. The van der Waals surface area contributed by atoms with Gasteiger partial charge in [-0.15, -0.1) is 0 Å². The SMILES string of the molecule is COCCOc1ccc(CNc2c(C#N)cnc3c(C)cc(F)cc23)cn1. The van der Waals surface area contributed by atoms with E-state index in [2.05, 4.69) is 21.4 Å². The fourth-order valence-corrected chi connectivity index (χ4v) is 2.73. The summed E-state index contributed by atoms with van der Waals surface area (Å²) in [5.74, 6) is 0.153. The molecule has 0 aliphatic carbocycles. The van der Waals surface area contributed by atoms with Crippen LogP contribution in [0.1, 0.15) is 16.7 Å². The van der Waals surface area contributed by atoms with Crippen molar-refractivity contribution in [3.05, 3.63) is 59.2 Å². The van der Waals surface area contributed by atoms with Crippen molar-refractivity contribution in [2.24, 2.45) is 0 Å². The minimum absolute atomic E-state index is 0.361. The molecule has 0 saturated heterocycles. The maximum Gasteiger partial charge on any atom is 0.213 e. The van der Waals surface area contributed by atoms with Gasteiger partial charge in [-0.25, -0.2) is 9.37 Å². The van der Waals surface area contributed by atoms with Crippen LogP contribution in [0.25, 0.3) is 10.9 Å². The fourth-order valence-electron chi connectivity index (χ4n) is 2.73. The zero-order valence-electron chi connectivity index (χ0n) is 15.1. The molecule has 0 bridgehead atoms. The zero-order valence-corrected chi connectivity index (χ0v) is 15.1. The van der Waals surface area contributed by atoms with Crippen LogP contribution in [0.3, 0.4) is 0 Å². The predicted octanol–water partition coefficient (Wildman–Crippen LogP) is 3.59. The maximum absolute atomic E-state index is 13.9. The molecule has 7 heteroatoms. The number of ether oxygens (including phenoxy) is 2. The van der Waals surface area contributed by atoms with Gasteiger partial charge in [0.25, 0.3) is 0 Å². The number of fused-ring (bicyclic) bond motifs is 1. The lowest BCUT2D eigenvalue weighted by atomic mass is 10.1. The van der Waals surface area contributed by atoms with Gasteiger partial charge in [0.05, 0.1) is 23.4 Å². The Balaban J connectivity index is 1.81. The summed E-state index contributed by atoms with van der Waals surface area (Å²) in [5.41, 5.74) is 3.20. The number of benzene rings is 1. The monoisotopic (exact) mass is 366 g/mol. The molecule has 3 rings (SSSR count). The molecule has 3 aromatic rings. The Morgan fingerprint density at radius 2 is 2.04 bits per heavy atom.